The molecule has 1 saturated heterocycles. The Morgan fingerprint density at radius 3 is 2.50 bits per heavy atom. The standard InChI is InChI=1S/C27H41N3O4/c1-2-3-4-5-6-7-8-9-10-11-12-13-14-15-16-17-25(32)28-24-20-21-30(27(33)29-24)26-19-18-23(22-31)34-26/h3-4,6-7,9-10,20-21,23,26,31H,2,5,8,11-19,22H2,1H3,(H,28,29,32,33). The van der Waals surface area contributed by atoms with Crippen LogP contribution < -0.4 is 11.0 Å². The monoisotopic (exact) mass is 471 g/mol. The molecule has 0 aromatic carbocycles. The molecular weight excluding hydrogens is 430 g/mol. The van der Waals surface area contributed by atoms with Gasteiger partial charge in [-0.1, -0.05) is 62.6 Å². The molecule has 1 aromatic rings. The number of unbranched alkanes of at least 4 members (excludes halogenated alkanes) is 5. The maximum absolute atomic E-state index is 12.3. The molecule has 188 valence electrons. The van der Waals surface area contributed by atoms with Gasteiger partial charge in [0.2, 0.25) is 5.91 Å². The maximum atomic E-state index is 12.3. The second-order valence-corrected chi connectivity index (χ2v) is 8.62. The van der Waals surface area contributed by atoms with Crippen molar-refractivity contribution in [2.75, 3.05) is 11.9 Å². The van der Waals surface area contributed by atoms with Gasteiger partial charge in [0.1, 0.15) is 12.0 Å². The lowest BCUT2D eigenvalue weighted by atomic mass is 10.1. The fourth-order valence-corrected chi connectivity index (χ4v) is 3.84. The molecule has 7 heteroatoms. The van der Waals surface area contributed by atoms with Gasteiger partial charge < -0.3 is 15.2 Å². The van der Waals surface area contributed by atoms with Crippen LogP contribution in [0.4, 0.5) is 5.82 Å². The number of amides is 1. The highest BCUT2D eigenvalue weighted by atomic mass is 16.5. The number of carbonyl (C=O) groups is 1. The minimum Gasteiger partial charge on any atom is -0.394 e. The molecule has 1 aliphatic heterocycles. The number of aliphatic hydroxyl groups excluding tert-OH is 1. The lowest BCUT2D eigenvalue weighted by Gasteiger charge is -2.15. The van der Waals surface area contributed by atoms with Gasteiger partial charge in [-0.2, -0.15) is 4.98 Å². The number of hydrogen-bond acceptors (Lipinski definition) is 5. The molecule has 0 spiro atoms. The number of hydrogen-bond donors (Lipinski definition) is 2. The number of rotatable bonds is 16. The van der Waals surface area contributed by atoms with Crippen molar-refractivity contribution in [2.45, 2.75) is 96.3 Å². The average molecular weight is 472 g/mol. The zero-order chi connectivity index (χ0) is 24.4. The fourth-order valence-electron chi connectivity index (χ4n) is 3.84. The molecule has 1 aliphatic rings. The van der Waals surface area contributed by atoms with Crippen molar-refractivity contribution in [2.24, 2.45) is 0 Å². The van der Waals surface area contributed by atoms with Crippen LogP contribution in [0.1, 0.15) is 90.2 Å². The van der Waals surface area contributed by atoms with Gasteiger partial charge >= 0.3 is 5.69 Å². The molecule has 1 fully saturated rings. The van der Waals surface area contributed by atoms with E-state index in [4.69, 9.17) is 9.84 Å². The number of allylic oxidation sites excluding steroid dienone is 6. The third-order valence-corrected chi connectivity index (χ3v) is 5.75. The Bertz CT molecular complexity index is 860. The van der Waals surface area contributed by atoms with E-state index in [9.17, 15) is 9.59 Å². The number of aliphatic hydroxyl groups is 1. The van der Waals surface area contributed by atoms with E-state index in [1.54, 1.807) is 12.3 Å². The molecule has 2 atom stereocenters. The summed E-state index contributed by atoms with van der Waals surface area (Å²) in [5.74, 6) is 0.144. The van der Waals surface area contributed by atoms with Crippen LogP contribution in [0, 0.1) is 0 Å². The number of carbonyl (C=O) groups excluding carboxylic acids is 1. The molecule has 2 N–H and O–H groups in total. The molecule has 1 amide bonds. The van der Waals surface area contributed by atoms with E-state index >= 15 is 0 Å². The number of ether oxygens (including phenoxy) is 1. The van der Waals surface area contributed by atoms with Gasteiger partial charge in [0.15, 0.2) is 0 Å². The van der Waals surface area contributed by atoms with Crippen LogP contribution in [0.25, 0.3) is 0 Å². The first kappa shape index (κ1) is 27.7. The van der Waals surface area contributed by atoms with Crippen molar-refractivity contribution in [3.05, 3.63) is 59.2 Å². The highest BCUT2D eigenvalue weighted by Crippen LogP contribution is 2.26. The summed E-state index contributed by atoms with van der Waals surface area (Å²) in [5.41, 5.74) is -0.462. The maximum Gasteiger partial charge on any atom is 0.351 e. The lowest BCUT2D eigenvalue weighted by molar-refractivity contribution is -0.116. The van der Waals surface area contributed by atoms with Crippen molar-refractivity contribution in [1.29, 1.82) is 0 Å². The van der Waals surface area contributed by atoms with Crippen LogP contribution in [0.15, 0.2) is 53.5 Å². The van der Waals surface area contributed by atoms with E-state index in [0.717, 1.165) is 44.9 Å². The van der Waals surface area contributed by atoms with Crippen molar-refractivity contribution < 1.29 is 14.6 Å². The quantitative estimate of drug-likeness (QED) is 0.247. The van der Waals surface area contributed by atoms with Crippen molar-refractivity contribution >= 4 is 11.7 Å². The first-order chi connectivity index (χ1) is 16.6. The minimum atomic E-state index is -0.462. The van der Waals surface area contributed by atoms with Gasteiger partial charge in [-0.15, -0.1) is 0 Å². The van der Waals surface area contributed by atoms with Gasteiger partial charge in [0.05, 0.1) is 12.7 Å². The number of nitrogens with one attached hydrogen (secondary N) is 1. The highest BCUT2D eigenvalue weighted by Gasteiger charge is 2.26. The van der Waals surface area contributed by atoms with Crippen LogP contribution in [-0.4, -0.2) is 33.3 Å². The third-order valence-electron chi connectivity index (χ3n) is 5.75. The van der Waals surface area contributed by atoms with Gasteiger partial charge in [-0.3, -0.25) is 9.36 Å². The van der Waals surface area contributed by atoms with Crippen molar-refractivity contribution in [3.8, 4) is 0 Å². The Labute approximate surface area is 203 Å². The van der Waals surface area contributed by atoms with Crippen LogP contribution >= 0.6 is 0 Å². The van der Waals surface area contributed by atoms with Gasteiger partial charge in [-0.25, -0.2) is 4.79 Å². The van der Waals surface area contributed by atoms with E-state index in [1.165, 1.54) is 17.4 Å². The predicted molar refractivity (Wildman–Crippen MR) is 137 cm³/mol. The summed E-state index contributed by atoms with van der Waals surface area (Å²) in [6.45, 7) is 2.09. The summed E-state index contributed by atoms with van der Waals surface area (Å²) < 4.78 is 7.02. The first-order valence-electron chi connectivity index (χ1n) is 12.7. The van der Waals surface area contributed by atoms with Gasteiger partial charge in [-0.05, 0) is 57.4 Å². The Hall–Kier alpha value is -2.51. The van der Waals surface area contributed by atoms with Crippen LogP contribution in [0.2, 0.25) is 0 Å². The van der Waals surface area contributed by atoms with Gasteiger partial charge in [0.25, 0.3) is 0 Å². The molecule has 2 unspecified atom stereocenters. The molecule has 7 nitrogen and oxygen atoms in total. The normalized spacial score (nSPS) is 18.5. The van der Waals surface area contributed by atoms with Crippen LogP contribution in [0.5, 0.6) is 0 Å². The predicted octanol–water partition coefficient (Wildman–Crippen LogP) is 5.44. The Morgan fingerprint density at radius 2 is 1.79 bits per heavy atom. The molecule has 0 bridgehead atoms. The molecule has 2 heterocycles. The highest BCUT2D eigenvalue weighted by molar-refractivity contribution is 5.89. The Kier molecular flexibility index (Phi) is 13.9. The summed E-state index contributed by atoms with van der Waals surface area (Å²) >= 11 is 0. The van der Waals surface area contributed by atoms with E-state index < -0.39 is 11.9 Å². The summed E-state index contributed by atoms with van der Waals surface area (Å²) in [5, 5.41) is 11.9. The lowest BCUT2D eigenvalue weighted by Crippen LogP contribution is -2.28. The summed E-state index contributed by atoms with van der Waals surface area (Å²) in [7, 11) is 0. The molecule has 0 saturated carbocycles. The second kappa shape index (κ2) is 17.0. The van der Waals surface area contributed by atoms with Crippen molar-refractivity contribution in [1.82, 2.24) is 9.55 Å². The van der Waals surface area contributed by atoms with Crippen LogP contribution in [-0.2, 0) is 9.53 Å². The molecule has 0 radical (unpaired) electrons. The topological polar surface area (TPSA) is 93.5 Å². The average Bonchev–Trinajstić information content (AvgIpc) is 3.30. The smallest absolute Gasteiger partial charge is 0.351 e. The molecule has 2 rings (SSSR count). The number of anilines is 1. The zero-order valence-corrected chi connectivity index (χ0v) is 20.5. The molecule has 1 aromatic heterocycles. The minimum absolute atomic E-state index is 0.0562. The zero-order valence-electron chi connectivity index (χ0n) is 20.5. The first-order valence-corrected chi connectivity index (χ1v) is 12.7. The summed E-state index contributed by atoms with van der Waals surface area (Å²) in [6, 6.07) is 1.61. The van der Waals surface area contributed by atoms with E-state index in [1.807, 2.05) is 0 Å². The molecule has 0 aliphatic carbocycles. The van der Waals surface area contributed by atoms with Crippen molar-refractivity contribution in [3.63, 3.8) is 0 Å². The Morgan fingerprint density at radius 1 is 1.09 bits per heavy atom. The number of nitrogens with zero attached hydrogens (tertiary/aromatic N) is 2. The Balaban J connectivity index is 1.52. The second-order valence-electron chi connectivity index (χ2n) is 8.62. The third kappa shape index (κ3) is 11.1. The fraction of sp³-hybridized carbons (Fsp3) is 0.593. The van der Waals surface area contributed by atoms with E-state index in [-0.39, 0.29) is 24.4 Å². The molecular formula is C27H41N3O4. The number of aromatic nitrogens is 2. The largest absolute Gasteiger partial charge is 0.394 e. The molecule has 34 heavy (non-hydrogen) atoms. The summed E-state index contributed by atoms with van der Waals surface area (Å²) in [4.78, 5) is 28.4. The van der Waals surface area contributed by atoms with E-state index in [0.29, 0.717) is 19.3 Å². The SMILES string of the molecule is CCC=CCC=CCC=CCCCCCCCC(=O)Nc1ccn(C2CCC(CO)O2)c(=O)n1. The van der Waals surface area contributed by atoms with E-state index in [2.05, 4.69) is 53.7 Å². The summed E-state index contributed by atoms with van der Waals surface area (Å²) in [6.07, 6.45) is 25.5. The van der Waals surface area contributed by atoms with Gasteiger partial charge in [0, 0.05) is 12.6 Å². The van der Waals surface area contributed by atoms with Crippen LogP contribution in [0.3, 0.4) is 0 Å².